The lowest BCUT2D eigenvalue weighted by Crippen LogP contribution is -2.27. The van der Waals surface area contributed by atoms with Gasteiger partial charge in [0.2, 0.25) is 0 Å². The molecular formula is C15H12BrClO3S. The van der Waals surface area contributed by atoms with Gasteiger partial charge in [0.15, 0.2) is 15.6 Å². The number of hydrogen-bond acceptors (Lipinski definition) is 3. The van der Waals surface area contributed by atoms with Crippen LogP contribution in [-0.2, 0) is 9.84 Å². The number of halogens is 2. The van der Waals surface area contributed by atoms with Gasteiger partial charge in [-0.1, -0.05) is 45.7 Å². The third-order valence-electron chi connectivity index (χ3n) is 3.07. The Balaban J connectivity index is 2.39. The topological polar surface area (TPSA) is 51.2 Å². The van der Waals surface area contributed by atoms with Crippen LogP contribution in [0.15, 0.2) is 57.9 Å². The van der Waals surface area contributed by atoms with E-state index >= 15 is 0 Å². The van der Waals surface area contributed by atoms with E-state index in [1.54, 1.807) is 30.3 Å². The van der Waals surface area contributed by atoms with Gasteiger partial charge in [-0.15, -0.1) is 0 Å². The predicted octanol–water partition coefficient (Wildman–Crippen LogP) is 4.15. The highest BCUT2D eigenvalue weighted by Crippen LogP contribution is 2.23. The summed E-state index contributed by atoms with van der Waals surface area (Å²) >= 11 is 9.07. The van der Waals surface area contributed by atoms with E-state index < -0.39 is 20.9 Å². The van der Waals surface area contributed by atoms with Crippen LogP contribution in [0, 0.1) is 0 Å². The second-order valence-electron chi connectivity index (χ2n) is 4.52. The van der Waals surface area contributed by atoms with Crippen LogP contribution in [0.4, 0.5) is 0 Å². The van der Waals surface area contributed by atoms with Crippen molar-refractivity contribution in [1.82, 2.24) is 0 Å². The Morgan fingerprint density at radius 1 is 1.14 bits per heavy atom. The molecule has 2 aromatic carbocycles. The average molecular weight is 388 g/mol. The van der Waals surface area contributed by atoms with Gasteiger partial charge in [-0.25, -0.2) is 8.42 Å². The van der Waals surface area contributed by atoms with E-state index in [1.165, 1.54) is 25.1 Å². The largest absolute Gasteiger partial charge is 0.293 e. The van der Waals surface area contributed by atoms with Crippen LogP contribution in [0.5, 0.6) is 0 Å². The molecule has 0 fully saturated rings. The van der Waals surface area contributed by atoms with Gasteiger partial charge in [0, 0.05) is 15.1 Å². The zero-order valence-corrected chi connectivity index (χ0v) is 14.2. The Hall–Kier alpha value is -1.17. The fourth-order valence-corrected chi connectivity index (χ4v) is 3.99. The minimum absolute atomic E-state index is 0.111. The van der Waals surface area contributed by atoms with Crippen molar-refractivity contribution in [3.63, 3.8) is 0 Å². The summed E-state index contributed by atoms with van der Waals surface area (Å²) < 4.78 is 25.7. The van der Waals surface area contributed by atoms with Crippen molar-refractivity contribution in [2.45, 2.75) is 17.1 Å². The number of hydrogen-bond donors (Lipinski definition) is 0. The van der Waals surface area contributed by atoms with Crippen molar-refractivity contribution >= 4 is 43.2 Å². The molecule has 6 heteroatoms. The highest BCUT2D eigenvalue weighted by molar-refractivity contribution is 9.10. The number of sulfone groups is 1. The summed E-state index contributed by atoms with van der Waals surface area (Å²) in [6.07, 6.45) is 0. The molecule has 0 aliphatic rings. The average Bonchev–Trinajstić information content (AvgIpc) is 2.45. The van der Waals surface area contributed by atoms with Crippen molar-refractivity contribution in [2.24, 2.45) is 0 Å². The Kier molecular flexibility index (Phi) is 4.86. The van der Waals surface area contributed by atoms with Crippen molar-refractivity contribution in [2.75, 3.05) is 0 Å². The summed E-state index contributed by atoms with van der Waals surface area (Å²) in [5, 5.41) is -0.779. The minimum Gasteiger partial charge on any atom is -0.293 e. The number of carbonyl (C=O) groups excluding carboxylic acids is 1. The first kappa shape index (κ1) is 16.2. The molecule has 0 aromatic heterocycles. The monoisotopic (exact) mass is 386 g/mol. The molecule has 0 saturated heterocycles. The molecule has 3 nitrogen and oxygen atoms in total. The Bertz CT molecular complexity index is 787. The molecule has 0 spiro atoms. The van der Waals surface area contributed by atoms with E-state index in [0.717, 1.165) is 0 Å². The second-order valence-corrected chi connectivity index (χ2v) is 8.14. The van der Waals surface area contributed by atoms with Crippen LogP contribution in [0.25, 0.3) is 0 Å². The van der Waals surface area contributed by atoms with Gasteiger partial charge in [0.05, 0.1) is 4.90 Å². The molecule has 0 aliphatic carbocycles. The van der Waals surface area contributed by atoms with Gasteiger partial charge in [-0.2, -0.15) is 0 Å². The van der Waals surface area contributed by atoms with Crippen LogP contribution in [0.2, 0.25) is 5.02 Å². The molecule has 0 saturated carbocycles. The fraction of sp³-hybridized carbons (Fsp3) is 0.133. The van der Waals surface area contributed by atoms with Crippen molar-refractivity contribution in [3.05, 3.63) is 63.6 Å². The van der Waals surface area contributed by atoms with Crippen molar-refractivity contribution in [1.29, 1.82) is 0 Å². The lowest BCUT2D eigenvalue weighted by Gasteiger charge is -2.12. The van der Waals surface area contributed by atoms with Crippen LogP contribution in [-0.4, -0.2) is 19.5 Å². The van der Waals surface area contributed by atoms with E-state index in [-0.39, 0.29) is 10.5 Å². The minimum atomic E-state index is -3.74. The Morgan fingerprint density at radius 2 is 1.81 bits per heavy atom. The molecule has 0 bridgehead atoms. The van der Waals surface area contributed by atoms with Crippen molar-refractivity contribution < 1.29 is 13.2 Å². The van der Waals surface area contributed by atoms with Crippen LogP contribution in [0.3, 0.4) is 0 Å². The van der Waals surface area contributed by atoms with Crippen LogP contribution in [0.1, 0.15) is 17.3 Å². The molecule has 0 heterocycles. The van der Waals surface area contributed by atoms with Gasteiger partial charge in [-0.05, 0) is 37.3 Å². The molecule has 1 unspecified atom stereocenters. The molecule has 0 N–H and O–H groups in total. The predicted molar refractivity (Wildman–Crippen MR) is 86.6 cm³/mol. The van der Waals surface area contributed by atoms with Gasteiger partial charge in [-0.3, -0.25) is 4.79 Å². The third-order valence-corrected chi connectivity index (χ3v) is 5.85. The number of benzene rings is 2. The highest BCUT2D eigenvalue weighted by atomic mass is 79.9. The maximum atomic E-state index is 12.5. The number of rotatable bonds is 4. The highest BCUT2D eigenvalue weighted by Gasteiger charge is 2.30. The first-order valence-corrected chi connectivity index (χ1v) is 8.83. The van der Waals surface area contributed by atoms with Gasteiger partial charge >= 0.3 is 0 Å². The second kappa shape index (κ2) is 6.30. The molecule has 0 amide bonds. The summed E-state index contributed by atoms with van der Waals surface area (Å²) in [7, 11) is -3.74. The summed E-state index contributed by atoms with van der Waals surface area (Å²) in [5.41, 5.74) is 0.286. The summed E-state index contributed by atoms with van der Waals surface area (Å²) in [4.78, 5) is 12.5. The van der Waals surface area contributed by atoms with E-state index in [2.05, 4.69) is 15.9 Å². The maximum Gasteiger partial charge on any atom is 0.188 e. The Labute approximate surface area is 137 Å². The number of carbonyl (C=O) groups is 1. The van der Waals surface area contributed by atoms with E-state index in [1.807, 2.05) is 0 Å². The normalized spacial score (nSPS) is 12.9. The summed E-state index contributed by atoms with van der Waals surface area (Å²) in [6, 6.07) is 12.6. The smallest absolute Gasteiger partial charge is 0.188 e. The molecule has 0 radical (unpaired) electrons. The quantitative estimate of drug-likeness (QED) is 0.741. The molecular weight excluding hydrogens is 376 g/mol. The van der Waals surface area contributed by atoms with Crippen LogP contribution < -0.4 is 0 Å². The molecule has 110 valence electrons. The summed E-state index contributed by atoms with van der Waals surface area (Å²) in [6.45, 7) is 1.39. The lowest BCUT2D eigenvalue weighted by atomic mass is 10.1. The Morgan fingerprint density at radius 3 is 2.43 bits per heavy atom. The molecule has 21 heavy (non-hydrogen) atoms. The standard InChI is InChI=1S/C15H12BrClO3S/c1-10(15(18)11-4-2-6-13(17)8-11)21(19,20)14-7-3-5-12(16)9-14/h2-10H,1H3. The fourth-order valence-electron chi connectivity index (χ4n) is 1.87. The van der Waals surface area contributed by atoms with E-state index in [9.17, 15) is 13.2 Å². The first-order valence-electron chi connectivity index (χ1n) is 6.11. The SMILES string of the molecule is CC(C(=O)c1cccc(Cl)c1)S(=O)(=O)c1cccc(Br)c1. The maximum absolute atomic E-state index is 12.5. The van der Waals surface area contributed by atoms with Crippen molar-refractivity contribution in [3.8, 4) is 0 Å². The summed E-state index contributed by atoms with van der Waals surface area (Å²) in [5.74, 6) is -0.475. The first-order chi connectivity index (χ1) is 9.82. The zero-order valence-electron chi connectivity index (χ0n) is 11.1. The zero-order chi connectivity index (χ0) is 15.6. The third kappa shape index (κ3) is 3.54. The number of ketones is 1. The molecule has 1 atom stereocenters. The van der Waals surface area contributed by atoms with E-state index in [4.69, 9.17) is 11.6 Å². The molecule has 2 aromatic rings. The van der Waals surface area contributed by atoms with Crippen LogP contribution >= 0.6 is 27.5 Å². The molecule has 2 rings (SSSR count). The molecule has 0 aliphatic heterocycles. The lowest BCUT2D eigenvalue weighted by molar-refractivity contribution is 0.0991. The van der Waals surface area contributed by atoms with E-state index in [0.29, 0.717) is 9.50 Å². The number of Topliss-reactive ketones (excluding diaryl/α,β-unsaturated/α-hetero) is 1. The van der Waals surface area contributed by atoms with Gasteiger partial charge in [0.1, 0.15) is 5.25 Å². The van der Waals surface area contributed by atoms with Gasteiger partial charge < -0.3 is 0 Å². The van der Waals surface area contributed by atoms with Gasteiger partial charge in [0.25, 0.3) is 0 Å².